The van der Waals surface area contributed by atoms with E-state index in [-0.39, 0.29) is 13.0 Å². The zero-order valence-corrected chi connectivity index (χ0v) is 21.7. The van der Waals surface area contributed by atoms with Gasteiger partial charge in [0.2, 0.25) is 0 Å². The van der Waals surface area contributed by atoms with Crippen molar-refractivity contribution in [2.45, 2.75) is 30.4 Å². The van der Waals surface area contributed by atoms with Crippen molar-refractivity contribution in [2.75, 3.05) is 26.1 Å². The van der Waals surface area contributed by atoms with Crippen LogP contribution in [-0.4, -0.2) is 52.8 Å². The normalized spacial score (nSPS) is 19.0. The van der Waals surface area contributed by atoms with Gasteiger partial charge in [0.05, 0.1) is 26.9 Å². The Morgan fingerprint density at radius 1 is 0.923 bits per heavy atom. The van der Waals surface area contributed by atoms with Crippen LogP contribution in [0.3, 0.4) is 0 Å². The molecule has 1 unspecified atom stereocenters. The molecule has 3 atom stereocenters. The van der Waals surface area contributed by atoms with Crippen molar-refractivity contribution in [1.82, 2.24) is 9.55 Å². The lowest BCUT2D eigenvalue weighted by Crippen LogP contribution is -2.40. The summed E-state index contributed by atoms with van der Waals surface area (Å²) < 4.78 is 17.7. The van der Waals surface area contributed by atoms with Gasteiger partial charge in [0, 0.05) is 12.6 Å². The van der Waals surface area contributed by atoms with E-state index in [1.54, 1.807) is 26.5 Å². The smallest absolute Gasteiger partial charge is 0.351 e. The number of ether oxygens (including phenoxy) is 3. The minimum Gasteiger partial charge on any atom is -0.497 e. The zero-order valence-electron chi connectivity index (χ0n) is 21.7. The lowest BCUT2D eigenvalue weighted by molar-refractivity contribution is -0.0529. The van der Waals surface area contributed by atoms with Crippen LogP contribution >= 0.6 is 0 Å². The molecule has 1 saturated heterocycles. The van der Waals surface area contributed by atoms with Gasteiger partial charge in [-0.15, -0.1) is 0 Å². The third-order valence-corrected chi connectivity index (χ3v) is 7.04. The predicted octanol–water partition coefficient (Wildman–Crippen LogP) is 3.31. The van der Waals surface area contributed by atoms with Crippen molar-refractivity contribution in [3.8, 4) is 11.5 Å². The molecule has 39 heavy (non-hydrogen) atoms. The maximum Gasteiger partial charge on any atom is 0.351 e. The summed E-state index contributed by atoms with van der Waals surface area (Å²) >= 11 is 0. The van der Waals surface area contributed by atoms with E-state index in [2.05, 4.69) is 10.3 Å². The summed E-state index contributed by atoms with van der Waals surface area (Å²) in [7, 11) is 3.24. The fourth-order valence-corrected chi connectivity index (χ4v) is 5.05. The van der Waals surface area contributed by atoms with Crippen LogP contribution in [0.1, 0.15) is 29.3 Å². The first kappa shape index (κ1) is 26.4. The topological polar surface area (TPSA) is 115 Å². The maximum absolute atomic E-state index is 13.2. The number of anilines is 1. The van der Waals surface area contributed by atoms with Crippen LogP contribution in [0.25, 0.3) is 0 Å². The van der Waals surface area contributed by atoms with Gasteiger partial charge in [0.15, 0.2) is 6.23 Å². The number of rotatable bonds is 9. The van der Waals surface area contributed by atoms with Gasteiger partial charge >= 0.3 is 5.69 Å². The molecular weight excluding hydrogens is 498 g/mol. The average molecular weight is 530 g/mol. The van der Waals surface area contributed by atoms with Crippen LogP contribution in [0, 0.1) is 0 Å². The Kier molecular flexibility index (Phi) is 7.65. The molecule has 1 aliphatic rings. The molecule has 3 aromatic carbocycles. The SMILES string of the molecule is COc1ccc(C(Nc2ccn([C@@H]3O[C@H](CO)CC3O)c(=O)n2)(c2ccccc2)c2ccc(OC)cc2)cc1. The summed E-state index contributed by atoms with van der Waals surface area (Å²) in [5.74, 6) is 1.76. The monoisotopic (exact) mass is 529 g/mol. The van der Waals surface area contributed by atoms with Gasteiger partial charge in [-0.1, -0.05) is 54.6 Å². The minimum absolute atomic E-state index is 0.236. The molecule has 0 aliphatic carbocycles. The Morgan fingerprint density at radius 3 is 1.97 bits per heavy atom. The Bertz CT molecular complexity index is 1390. The van der Waals surface area contributed by atoms with Crippen molar-refractivity contribution < 1.29 is 24.4 Å². The summed E-state index contributed by atoms with van der Waals surface area (Å²) in [5, 5.41) is 23.4. The van der Waals surface area contributed by atoms with Crippen molar-refractivity contribution >= 4 is 5.82 Å². The van der Waals surface area contributed by atoms with Gasteiger partial charge in [-0.3, -0.25) is 4.57 Å². The second-order valence-corrected chi connectivity index (χ2v) is 9.33. The molecular formula is C30H31N3O6. The molecule has 9 nitrogen and oxygen atoms in total. The summed E-state index contributed by atoms with van der Waals surface area (Å²) in [6, 6.07) is 27.0. The molecule has 9 heteroatoms. The van der Waals surface area contributed by atoms with E-state index in [0.29, 0.717) is 17.3 Å². The predicted molar refractivity (Wildman–Crippen MR) is 146 cm³/mol. The summed E-state index contributed by atoms with van der Waals surface area (Å²) in [6.07, 6.45) is -0.603. The number of hydrogen-bond donors (Lipinski definition) is 3. The molecule has 0 spiro atoms. The van der Waals surface area contributed by atoms with E-state index in [1.807, 2.05) is 78.9 Å². The molecule has 0 saturated carbocycles. The number of aliphatic hydroxyl groups is 2. The number of benzene rings is 3. The largest absolute Gasteiger partial charge is 0.497 e. The zero-order chi connectivity index (χ0) is 27.4. The fourth-order valence-electron chi connectivity index (χ4n) is 5.05. The third-order valence-electron chi connectivity index (χ3n) is 7.04. The van der Waals surface area contributed by atoms with Crippen molar-refractivity contribution in [2.24, 2.45) is 0 Å². The lowest BCUT2D eigenvalue weighted by atomic mass is 9.77. The first-order valence-corrected chi connectivity index (χ1v) is 12.6. The summed E-state index contributed by atoms with van der Waals surface area (Å²) in [6.45, 7) is -0.237. The number of nitrogens with one attached hydrogen (secondary N) is 1. The van der Waals surface area contributed by atoms with E-state index in [9.17, 15) is 15.0 Å². The highest BCUT2D eigenvalue weighted by Gasteiger charge is 2.38. The van der Waals surface area contributed by atoms with Gasteiger partial charge in [0.1, 0.15) is 29.0 Å². The van der Waals surface area contributed by atoms with Crippen LogP contribution in [0.2, 0.25) is 0 Å². The number of aromatic nitrogens is 2. The quantitative estimate of drug-likeness (QED) is 0.283. The average Bonchev–Trinajstić information content (AvgIpc) is 3.37. The van der Waals surface area contributed by atoms with Crippen LogP contribution in [0.15, 0.2) is 95.9 Å². The van der Waals surface area contributed by atoms with Gasteiger partial charge < -0.3 is 29.7 Å². The lowest BCUT2D eigenvalue weighted by Gasteiger charge is -2.37. The minimum atomic E-state index is -0.948. The van der Waals surface area contributed by atoms with Gasteiger partial charge in [-0.05, 0) is 47.0 Å². The highest BCUT2D eigenvalue weighted by Crippen LogP contribution is 2.41. The number of nitrogens with zero attached hydrogens (tertiary/aromatic N) is 2. The third kappa shape index (κ3) is 5.12. The van der Waals surface area contributed by atoms with Gasteiger partial charge in [-0.25, -0.2) is 4.79 Å². The first-order valence-electron chi connectivity index (χ1n) is 12.6. The molecule has 1 fully saturated rings. The second-order valence-electron chi connectivity index (χ2n) is 9.33. The molecule has 1 aromatic heterocycles. The summed E-state index contributed by atoms with van der Waals surface area (Å²) in [4.78, 5) is 17.5. The van der Waals surface area contributed by atoms with Crippen LogP contribution in [0.4, 0.5) is 5.82 Å². The van der Waals surface area contributed by atoms with E-state index in [4.69, 9.17) is 14.2 Å². The molecule has 0 bridgehead atoms. The van der Waals surface area contributed by atoms with Gasteiger partial charge in [0.25, 0.3) is 0 Å². The Labute approximate surface area is 226 Å². The standard InChI is InChI=1S/C30H31N3O6/c1-37-23-12-8-21(9-13-23)30(20-6-4-3-5-7-20,22-10-14-24(38-2)15-11-22)32-27-16-17-33(29(36)31-27)28-26(35)18-25(19-34)39-28/h3-17,25-26,28,34-35H,18-19H2,1-2H3,(H,31,32,36)/t25-,26?,28+/m0/s1. The van der Waals surface area contributed by atoms with Gasteiger partial charge in [-0.2, -0.15) is 4.98 Å². The van der Waals surface area contributed by atoms with E-state index < -0.39 is 29.7 Å². The Morgan fingerprint density at radius 2 is 1.49 bits per heavy atom. The van der Waals surface area contributed by atoms with Crippen molar-refractivity contribution in [3.05, 3.63) is 118 Å². The molecule has 0 radical (unpaired) electrons. The van der Waals surface area contributed by atoms with E-state index in [0.717, 1.165) is 16.7 Å². The molecule has 1 aliphatic heterocycles. The summed E-state index contributed by atoms with van der Waals surface area (Å²) in [5.41, 5.74) is 1.18. The molecule has 202 valence electrons. The molecule has 2 heterocycles. The number of methoxy groups -OCH3 is 2. The fraction of sp³-hybridized carbons (Fsp3) is 0.267. The maximum atomic E-state index is 13.2. The highest BCUT2D eigenvalue weighted by molar-refractivity contribution is 5.59. The second kappa shape index (κ2) is 11.3. The van der Waals surface area contributed by atoms with Crippen LogP contribution in [-0.2, 0) is 10.3 Å². The number of hydrogen-bond acceptors (Lipinski definition) is 8. The number of aliphatic hydroxyl groups excluding tert-OH is 2. The van der Waals surface area contributed by atoms with Crippen LogP contribution in [0.5, 0.6) is 11.5 Å². The Hall–Kier alpha value is -4.18. The highest BCUT2D eigenvalue weighted by atomic mass is 16.5. The van der Waals surface area contributed by atoms with Crippen molar-refractivity contribution in [1.29, 1.82) is 0 Å². The first-order chi connectivity index (χ1) is 19.0. The molecule has 3 N–H and O–H groups in total. The molecule has 0 amide bonds. The molecule has 5 rings (SSSR count). The van der Waals surface area contributed by atoms with Crippen molar-refractivity contribution in [3.63, 3.8) is 0 Å². The van der Waals surface area contributed by atoms with E-state index >= 15 is 0 Å². The van der Waals surface area contributed by atoms with Crippen LogP contribution < -0.4 is 20.5 Å². The molecule has 4 aromatic rings. The van der Waals surface area contributed by atoms with E-state index in [1.165, 1.54) is 4.57 Å². The Balaban J connectivity index is 1.64.